The van der Waals surface area contributed by atoms with Crippen LogP contribution in [-0.4, -0.2) is 13.6 Å². The lowest BCUT2D eigenvalue weighted by molar-refractivity contribution is 0.0140. The summed E-state index contributed by atoms with van der Waals surface area (Å²) in [6.07, 6.45) is 5.15. The van der Waals surface area contributed by atoms with Crippen LogP contribution in [0.3, 0.4) is 0 Å². The highest BCUT2D eigenvalue weighted by molar-refractivity contribution is 6.30. The maximum Gasteiger partial charge on any atom is 0.0408 e. The quantitative estimate of drug-likeness (QED) is 0.832. The van der Waals surface area contributed by atoms with E-state index in [1.54, 1.807) is 0 Å². The van der Waals surface area contributed by atoms with Gasteiger partial charge in [-0.05, 0) is 43.0 Å². The van der Waals surface area contributed by atoms with Gasteiger partial charge in [-0.25, -0.2) is 0 Å². The third-order valence-corrected chi connectivity index (χ3v) is 5.11. The number of nitrogens with one attached hydrogen (secondary N) is 1. The lowest BCUT2D eigenvalue weighted by atomic mass is 9.48. The molecule has 0 aromatic heterocycles. The Labute approximate surface area is 116 Å². The van der Waals surface area contributed by atoms with Gasteiger partial charge in [0.1, 0.15) is 0 Å². The zero-order valence-electron chi connectivity index (χ0n) is 11.7. The lowest BCUT2D eigenvalue weighted by Gasteiger charge is -2.57. The van der Waals surface area contributed by atoms with Crippen LogP contribution < -0.4 is 5.32 Å². The Morgan fingerprint density at radius 1 is 1.22 bits per heavy atom. The van der Waals surface area contributed by atoms with Crippen molar-refractivity contribution in [2.45, 2.75) is 44.9 Å². The fourth-order valence-electron chi connectivity index (χ4n) is 3.72. The molecule has 2 heteroatoms. The van der Waals surface area contributed by atoms with E-state index in [9.17, 15) is 0 Å². The number of rotatable bonds is 5. The van der Waals surface area contributed by atoms with Crippen molar-refractivity contribution >= 4 is 11.6 Å². The van der Waals surface area contributed by atoms with Gasteiger partial charge in [-0.1, -0.05) is 50.4 Å². The Kier molecular flexibility index (Phi) is 4.03. The molecule has 1 N–H and O–H groups in total. The van der Waals surface area contributed by atoms with E-state index in [1.807, 2.05) is 13.1 Å². The van der Waals surface area contributed by atoms with E-state index in [0.717, 1.165) is 11.6 Å². The smallest absolute Gasteiger partial charge is 0.0408 e. The van der Waals surface area contributed by atoms with E-state index >= 15 is 0 Å². The van der Waals surface area contributed by atoms with E-state index in [4.69, 9.17) is 11.6 Å². The van der Waals surface area contributed by atoms with Crippen molar-refractivity contribution in [2.75, 3.05) is 13.6 Å². The summed E-state index contributed by atoms with van der Waals surface area (Å²) in [6, 6.07) is 8.42. The molecule has 0 saturated heterocycles. The number of hydrogen-bond acceptors (Lipinski definition) is 1. The second kappa shape index (κ2) is 5.22. The monoisotopic (exact) mass is 265 g/mol. The van der Waals surface area contributed by atoms with Crippen LogP contribution in [0.4, 0.5) is 0 Å². The van der Waals surface area contributed by atoms with Crippen LogP contribution in [0.25, 0.3) is 0 Å². The number of halogens is 1. The van der Waals surface area contributed by atoms with Crippen molar-refractivity contribution in [1.29, 1.82) is 0 Å². The summed E-state index contributed by atoms with van der Waals surface area (Å²) in [5, 5.41) is 4.23. The highest BCUT2D eigenvalue weighted by atomic mass is 35.5. The summed E-state index contributed by atoms with van der Waals surface area (Å²) in [6.45, 7) is 5.70. The SMILES string of the molecule is CCC1(CC)CC(CNC)(c2cccc(Cl)c2)C1. The zero-order valence-corrected chi connectivity index (χ0v) is 12.5. The van der Waals surface area contributed by atoms with Gasteiger partial charge in [0.2, 0.25) is 0 Å². The summed E-state index contributed by atoms with van der Waals surface area (Å²) in [4.78, 5) is 0. The predicted octanol–water partition coefficient (Wildman–Crippen LogP) is 4.40. The van der Waals surface area contributed by atoms with E-state index in [-0.39, 0.29) is 0 Å². The normalized spacial score (nSPS) is 20.4. The fourth-order valence-corrected chi connectivity index (χ4v) is 3.91. The van der Waals surface area contributed by atoms with Gasteiger partial charge in [0.25, 0.3) is 0 Å². The minimum atomic E-state index is 0.297. The average Bonchev–Trinajstić information content (AvgIpc) is 2.33. The molecule has 1 aromatic rings. The minimum absolute atomic E-state index is 0.297. The first-order valence-corrected chi connectivity index (χ1v) is 7.38. The van der Waals surface area contributed by atoms with Crippen LogP contribution in [0.2, 0.25) is 5.02 Å². The van der Waals surface area contributed by atoms with Gasteiger partial charge >= 0.3 is 0 Å². The van der Waals surface area contributed by atoms with Gasteiger partial charge in [-0.3, -0.25) is 0 Å². The van der Waals surface area contributed by atoms with Gasteiger partial charge < -0.3 is 5.32 Å². The molecule has 0 aliphatic heterocycles. The maximum absolute atomic E-state index is 6.15. The van der Waals surface area contributed by atoms with Crippen LogP contribution >= 0.6 is 11.6 Å². The molecule has 1 aromatic carbocycles. The van der Waals surface area contributed by atoms with Crippen molar-refractivity contribution in [2.24, 2.45) is 5.41 Å². The van der Waals surface area contributed by atoms with Crippen LogP contribution in [0.15, 0.2) is 24.3 Å². The van der Waals surface area contributed by atoms with E-state index in [0.29, 0.717) is 10.8 Å². The Bertz CT molecular complexity index is 401. The Balaban J connectivity index is 2.26. The molecule has 0 radical (unpaired) electrons. The van der Waals surface area contributed by atoms with Crippen LogP contribution in [0.1, 0.15) is 45.1 Å². The standard InChI is InChI=1S/C16H24ClN/c1-4-15(5-2)10-16(11-15,12-18-3)13-7-6-8-14(17)9-13/h6-9,18H,4-5,10-12H2,1-3H3. The predicted molar refractivity (Wildman–Crippen MR) is 79.3 cm³/mol. The second-order valence-electron chi connectivity index (χ2n) is 5.88. The maximum atomic E-state index is 6.15. The Hall–Kier alpha value is -0.530. The number of benzene rings is 1. The summed E-state index contributed by atoms with van der Waals surface area (Å²) < 4.78 is 0. The molecule has 1 fully saturated rings. The molecule has 1 nitrogen and oxygen atoms in total. The molecule has 0 unspecified atom stereocenters. The van der Waals surface area contributed by atoms with Gasteiger partial charge in [-0.2, -0.15) is 0 Å². The van der Waals surface area contributed by atoms with Crippen LogP contribution in [0.5, 0.6) is 0 Å². The second-order valence-corrected chi connectivity index (χ2v) is 6.32. The molecule has 0 heterocycles. The molecule has 0 spiro atoms. The summed E-state index contributed by atoms with van der Waals surface area (Å²) in [7, 11) is 2.05. The molecule has 2 rings (SSSR count). The largest absolute Gasteiger partial charge is 0.319 e. The van der Waals surface area contributed by atoms with Crippen molar-refractivity contribution in [3.05, 3.63) is 34.9 Å². The van der Waals surface area contributed by atoms with E-state index < -0.39 is 0 Å². The number of likely N-dealkylation sites (N-methyl/N-ethyl adjacent to an activating group) is 1. The zero-order chi connectivity index (χ0) is 13.2. The van der Waals surface area contributed by atoms with Gasteiger partial charge in [0.05, 0.1) is 0 Å². The topological polar surface area (TPSA) is 12.0 Å². The molecule has 1 aliphatic rings. The third kappa shape index (κ3) is 2.31. The molecule has 0 bridgehead atoms. The summed E-state index contributed by atoms with van der Waals surface area (Å²) in [5.41, 5.74) is 2.26. The van der Waals surface area contributed by atoms with Crippen LogP contribution in [-0.2, 0) is 5.41 Å². The summed E-state index contributed by atoms with van der Waals surface area (Å²) >= 11 is 6.15. The first kappa shape index (κ1) is 13.9. The molecule has 100 valence electrons. The van der Waals surface area contributed by atoms with Gasteiger partial charge in [0, 0.05) is 17.0 Å². The fraction of sp³-hybridized carbons (Fsp3) is 0.625. The van der Waals surface area contributed by atoms with Crippen molar-refractivity contribution < 1.29 is 0 Å². The molecule has 1 saturated carbocycles. The van der Waals surface area contributed by atoms with Crippen molar-refractivity contribution in [3.8, 4) is 0 Å². The molecule has 1 aliphatic carbocycles. The highest BCUT2D eigenvalue weighted by Gasteiger charge is 2.52. The van der Waals surface area contributed by atoms with E-state index in [2.05, 4.69) is 37.4 Å². The molecular formula is C16H24ClN. The van der Waals surface area contributed by atoms with Crippen molar-refractivity contribution in [1.82, 2.24) is 5.32 Å². The van der Waals surface area contributed by atoms with Gasteiger partial charge in [-0.15, -0.1) is 0 Å². The molecule has 18 heavy (non-hydrogen) atoms. The summed E-state index contributed by atoms with van der Waals surface area (Å²) in [5.74, 6) is 0. The average molecular weight is 266 g/mol. The number of hydrogen-bond donors (Lipinski definition) is 1. The van der Waals surface area contributed by atoms with Gasteiger partial charge in [0.15, 0.2) is 0 Å². The Morgan fingerprint density at radius 2 is 1.89 bits per heavy atom. The molecule has 0 amide bonds. The first-order chi connectivity index (χ1) is 8.60. The first-order valence-electron chi connectivity index (χ1n) is 7.00. The molecule has 0 atom stereocenters. The van der Waals surface area contributed by atoms with E-state index in [1.165, 1.54) is 31.2 Å². The highest BCUT2D eigenvalue weighted by Crippen LogP contribution is 2.59. The Morgan fingerprint density at radius 3 is 2.39 bits per heavy atom. The lowest BCUT2D eigenvalue weighted by Crippen LogP contribution is -2.54. The van der Waals surface area contributed by atoms with Crippen molar-refractivity contribution in [3.63, 3.8) is 0 Å². The van der Waals surface area contributed by atoms with Crippen LogP contribution in [0, 0.1) is 5.41 Å². The molecular weight excluding hydrogens is 242 g/mol. The third-order valence-electron chi connectivity index (χ3n) is 4.88. The minimum Gasteiger partial charge on any atom is -0.319 e.